The van der Waals surface area contributed by atoms with Gasteiger partial charge in [-0.25, -0.2) is 0 Å². The van der Waals surface area contributed by atoms with Crippen molar-refractivity contribution in [2.75, 3.05) is 7.05 Å². The van der Waals surface area contributed by atoms with E-state index in [9.17, 15) is 19.5 Å². The normalized spacial score (nSPS) is 13.8. The Labute approximate surface area is 211 Å². The lowest BCUT2D eigenvalue weighted by atomic mass is 9.96. The van der Waals surface area contributed by atoms with Crippen LogP contribution in [-0.4, -0.2) is 51.8 Å². The SMILES string of the molecule is CC[C@H](C)[C@H](NC(C)=O)C(=O)N(C)[C@@H](Cc1ccc(O)cc1)C(=O)N/C=C\c1c[nH]c2ccccc12. The number of amides is 3. The number of carbonyl (C=O) groups is 3. The summed E-state index contributed by atoms with van der Waals surface area (Å²) >= 11 is 0. The van der Waals surface area contributed by atoms with E-state index in [1.165, 1.54) is 11.8 Å². The molecule has 1 aromatic heterocycles. The van der Waals surface area contributed by atoms with Crippen molar-refractivity contribution in [3.8, 4) is 5.75 Å². The number of aromatic nitrogens is 1. The van der Waals surface area contributed by atoms with Gasteiger partial charge in [-0.1, -0.05) is 50.6 Å². The van der Waals surface area contributed by atoms with Crippen LogP contribution in [0.2, 0.25) is 0 Å². The second-order valence-corrected chi connectivity index (χ2v) is 9.03. The summed E-state index contributed by atoms with van der Waals surface area (Å²) in [5.41, 5.74) is 2.70. The first kappa shape index (κ1) is 26.5. The number of nitrogens with zero attached hydrogens (tertiary/aromatic N) is 1. The second-order valence-electron chi connectivity index (χ2n) is 9.03. The number of likely N-dealkylation sites (N-methyl/N-ethyl adjacent to an activating group) is 1. The first-order valence-electron chi connectivity index (χ1n) is 12.1. The number of nitrogens with one attached hydrogen (secondary N) is 3. The minimum absolute atomic E-state index is 0.108. The van der Waals surface area contributed by atoms with Gasteiger partial charge in [-0.3, -0.25) is 14.4 Å². The fraction of sp³-hybridized carbons (Fsp3) is 0.321. The van der Waals surface area contributed by atoms with Gasteiger partial charge in [0, 0.05) is 49.3 Å². The summed E-state index contributed by atoms with van der Waals surface area (Å²) in [7, 11) is 1.58. The van der Waals surface area contributed by atoms with E-state index in [1.807, 2.05) is 44.3 Å². The Balaban J connectivity index is 1.83. The van der Waals surface area contributed by atoms with Gasteiger partial charge in [-0.05, 0) is 35.8 Å². The number of aromatic hydroxyl groups is 1. The summed E-state index contributed by atoms with van der Waals surface area (Å²) in [4.78, 5) is 43.1. The predicted molar refractivity (Wildman–Crippen MR) is 141 cm³/mol. The molecule has 36 heavy (non-hydrogen) atoms. The molecule has 8 nitrogen and oxygen atoms in total. The van der Waals surface area contributed by atoms with Gasteiger partial charge in [-0.15, -0.1) is 0 Å². The fourth-order valence-corrected chi connectivity index (χ4v) is 4.08. The quantitative estimate of drug-likeness (QED) is 0.348. The number of carbonyl (C=O) groups excluding carboxylic acids is 3. The molecule has 8 heteroatoms. The van der Waals surface area contributed by atoms with Crippen molar-refractivity contribution in [2.45, 2.75) is 45.7 Å². The monoisotopic (exact) mass is 490 g/mol. The van der Waals surface area contributed by atoms with E-state index in [0.717, 1.165) is 22.0 Å². The average Bonchev–Trinajstić information content (AvgIpc) is 3.28. The number of rotatable bonds is 10. The summed E-state index contributed by atoms with van der Waals surface area (Å²) in [6, 6.07) is 12.8. The van der Waals surface area contributed by atoms with Crippen molar-refractivity contribution in [2.24, 2.45) is 5.92 Å². The zero-order chi connectivity index (χ0) is 26.2. The van der Waals surface area contributed by atoms with Crippen LogP contribution in [0.5, 0.6) is 5.75 Å². The number of phenols is 1. The smallest absolute Gasteiger partial charge is 0.247 e. The van der Waals surface area contributed by atoms with Crippen LogP contribution >= 0.6 is 0 Å². The summed E-state index contributed by atoms with van der Waals surface area (Å²) in [5, 5.41) is 16.2. The van der Waals surface area contributed by atoms with Crippen LogP contribution in [0.3, 0.4) is 0 Å². The van der Waals surface area contributed by atoms with E-state index in [1.54, 1.807) is 43.6 Å². The maximum Gasteiger partial charge on any atom is 0.247 e. The molecule has 3 amide bonds. The number of hydrogen-bond donors (Lipinski definition) is 4. The molecule has 4 N–H and O–H groups in total. The number of benzene rings is 2. The Bertz CT molecular complexity index is 1230. The van der Waals surface area contributed by atoms with Crippen LogP contribution in [0.1, 0.15) is 38.3 Å². The minimum atomic E-state index is -0.838. The number of fused-ring (bicyclic) bond motifs is 1. The van der Waals surface area contributed by atoms with Crippen LogP contribution in [0.15, 0.2) is 60.9 Å². The van der Waals surface area contributed by atoms with Crippen LogP contribution in [-0.2, 0) is 20.8 Å². The summed E-state index contributed by atoms with van der Waals surface area (Å²) < 4.78 is 0. The fourth-order valence-electron chi connectivity index (χ4n) is 4.08. The lowest BCUT2D eigenvalue weighted by Crippen LogP contribution is -2.56. The number of H-pyrrole nitrogens is 1. The van der Waals surface area contributed by atoms with Crippen LogP contribution in [0, 0.1) is 5.92 Å². The molecule has 0 saturated carbocycles. The van der Waals surface area contributed by atoms with Crippen molar-refractivity contribution < 1.29 is 19.5 Å². The van der Waals surface area contributed by atoms with E-state index in [0.29, 0.717) is 6.42 Å². The third kappa shape index (κ3) is 6.53. The molecule has 3 atom stereocenters. The van der Waals surface area contributed by atoms with E-state index in [4.69, 9.17) is 0 Å². The van der Waals surface area contributed by atoms with E-state index in [2.05, 4.69) is 15.6 Å². The van der Waals surface area contributed by atoms with Gasteiger partial charge in [0.05, 0.1) is 0 Å². The third-order valence-corrected chi connectivity index (χ3v) is 6.43. The highest BCUT2D eigenvalue weighted by molar-refractivity contribution is 5.93. The van der Waals surface area contributed by atoms with Gasteiger partial charge in [0.15, 0.2) is 0 Å². The molecular weight excluding hydrogens is 456 g/mol. The first-order valence-corrected chi connectivity index (χ1v) is 12.1. The molecule has 0 aliphatic heterocycles. The van der Waals surface area contributed by atoms with Crippen molar-refractivity contribution in [1.29, 1.82) is 0 Å². The molecule has 0 radical (unpaired) electrons. The maximum absolute atomic E-state index is 13.4. The van der Waals surface area contributed by atoms with E-state index in [-0.39, 0.29) is 35.8 Å². The topological polar surface area (TPSA) is 115 Å². The van der Waals surface area contributed by atoms with Gasteiger partial charge in [0.25, 0.3) is 0 Å². The van der Waals surface area contributed by atoms with E-state index >= 15 is 0 Å². The number of phenolic OH excluding ortho intramolecular Hbond substituents is 1. The highest BCUT2D eigenvalue weighted by Gasteiger charge is 2.33. The van der Waals surface area contributed by atoms with Crippen LogP contribution in [0.4, 0.5) is 0 Å². The second kappa shape index (κ2) is 12.1. The zero-order valence-electron chi connectivity index (χ0n) is 21.1. The Morgan fingerprint density at radius 1 is 1.11 bits per heavy atom. The molecule has 2 aromatic carbocycles. The Hall–Kier alpha value is -4.07. The lowest BCUT2D eigenvalue weighted by molar-refractivity contribution is -0.142. The molecule has 0 fully saturated rings. The Kier molecular flexibility index (Phi) is 8.89. The standard InChI is InChI=1S/C28H34N4O4/c1-5-18(2)26(31-19(3)33)28(36)32(4)25(16-20-10-12-22(34)13-11-20)27(35)29-15-14-21-17-30-24-9-7-6-8-23(21)24/h6-15,17-18,25-26,30,34H,5,16H2,1-4H3,(H,29,35)(H,31,33)/b15-14-/t18-,25-,26-/m0/s1. The Morgan fingerprint density at radius 3 is 2.47 bits per heavy atom. The molecule has 0 aliphatic carbocycles. The molecule has 0 bridgehead atoms. The molecule has 0 saturated heterocycles. The third-order valence-electron chi connectivity index (χ3n) is 6.43. The van der Waals surface area contributed by atoms with Gasteiger partial charge in [-0.2, -0.15) is 0 Å². The van der Waals surface area contributed by atoms with Gasteiger partial charge >= 0.3 is 0 Å². The van der Waals surface area contributed by atoms with Gasteiger partial charge < -0.3 is 25.6 Å². The molecule has 3 aromatic rings. The van der Waals surface area contributed by atoms with Gasteiger partial charge in [0.2, 0.25) is 17.7 Å². The highest BCUT2D eigenvalue weighted by atomic mass is 16.3. The molecular formula is C28H34N4O4. The highest BCUT2D eigenvalue weighted by Crippen LogP contribution is 2.19. The molecule has 1 heterocycles. The van der Waals surface area contributed by atoms with Crippen molar-refractivity contribution in [3.63, 3.8) is 0 Å². The van der Waals surface area contributed by atoms with Crippen molar-refractivity contribution in [1.82, 2.24) is 20.5 Å². The van der Waals surface area contributed by atoms with Crippen molar-refractivity contribution in [3.05, 3.63) is 72.1 Å². The molecule has 0 spiro atoms. The maximum atomic E-state index is 13.4. The predicted octanol–water partition coefficient (Wildman–Crippen LogP) is 3.58. The van der Waals surface area contributed by atoms with Crippen molar-refractivity contribution >= 4 is 34.7 Å². The summed E-state index contributed by atoms with van der Waals surface area (Å²) in [5.74, 6) is -0.987. The number of hydrogen-bond acceptors (Lipinski definition) is 4. The van der Waals surface area contributed by atoms with E-state index < -0.39 is 12.1 Å². The number of para-hydroxylation sites is 1. The number of aromatic amines is 1. The minimum Gasteiger partial charge on any atom is -0.508 e. The summed E-state index contributed by atoms with van der Waals surface area (Å²) in [6.45, 7) is 5.22. The Morgan fingerprint density at radius 2 is 1.81 bits per heavy atom. The lowest BCUT2D eigenvalue weighted by Gasteiger charge is -2.32. The molecule has 3 rings (SSSR count). The summed E-state index contributed by atoms with van der Waals surface area (Å²) in [6.07, 6.45) is 6.16. The average molecular weight is 491 g/mol. The first-order chi connectivity index (χ1) is 17.2. The zero-order valence-corrected chi connectivity index (χ0v) is 21.1. The van der Waals surface area contributed by atoms with Crippen LogP contribution in [0.25, 0.3) is 17.0 Å². The van der Waals surface area contributed by atoms with Crippen LogP contribution < -0.4 is 10.6 Å². The molecule has 190 valence electrons. The molecule has 0 aliphatic rings. The largest absolute Gasteiger partial charge is 0.508 e. The van der Waals surface area contributed by atoms with Gasteiger partial charge in [0.1, 0.15) is 17.8 Å². The molecule has 0 unspecified atom stereocenters.